The molecule has 4 rings (SSSR count). The highest BCUT2D eigenvalue weighted by atomic mass is 32.2. The molecule has 38 heavy (non-hydrogen) atoms. The molecule has 2 N–H and O–H groups in total. The van der Waals surface area contributed by atoms with Crippen molar-refractivity contribution in [1.29, 1.82) is 0 Å². The van der Waals surface area contributed by atoms with Gasteiger partial charge < -0.3 is 25.0 Å². The maximum absolute atomic E-state index is 13.3. The zero-order valence-electron chi connectivity index (χ0n) is 20.4. The summed E-state index contributed by atoms with van der Waals surface area (Å²) in [5, 5.41) is 5.38. The van der Waals surface area contributed by atoms with Crippen molar-refractivity contribution in [3.63, 3.8) is 0 Å². The van der Waals surface area contributed by atoms with E-state index in [1.54, 1.807) is 18.2 Å². The molecule has 0 aromatic heterocycles. The maximum Gasteiger partial charge on any atom is 0.239 e. The summed E-state index contributed by atoms with van der Waals surface area (Å²) >= 11 is 0. The topological polar surface area (TPSA) is 114 Å². The molecule has 0 unspecified atom stereocenters. The highest BCUT2D eigenvalue weighted by Crippen LogP contribution is 2.34. The summed E-state index contributed by atoms with van der Waals surface area (Å²) in [5.74, 6) is -1.77. The van der Waals surface area contributed by atoms with E-state index in [-0.39, 0.29) is 26.4 Å². The third-order valence-corrected chi connectivity index (χ3v) is 6.69. The maximum atomic E-state index is 13.3. The molecule has 0 fully saturated rings. The van der Waals surface area contributed by atoms with E-state index in [4.69, 9.17) is 9.47 Å². The van der Waals surface area contributed by atoms with Gasteiger partial charge in [-0.3, -0.25) is 18.6 Å². The van der Waals surface area contributed by atoms with E-state index < -0.39 is 45.8 Å². The van der Waals surface area contributed by atoms with Crippen LogP contribution in [0, 0.1) is 5.82 Å². The summed E-state index contributed by atoms with van der Waals surface area (Å²) in [4.78, 5) is 39.2. The van der Waals surface area contributed by atoms with Gasteiger partial charge >= 0.3 is 0 Å². The van der Waals surface area contributed by atoms with Crippen molar-refractivity contribution in [2.45, 2.75) is 13.1 Å². The molecule has 1 aliphatic heterocycles. The summed E-state index contributed by atoms with van der Waals surface area (Å²) < 4.78 is 36.5. The van der Waals surface area contributed by atoms with Crippen molar-refractivity contribution in [3.05, 3.63) is 89.7 Å². The van der Waals surface area contributed by atoms with Crippen LogP contribution >= 0.6 is 0 Å². The van der Waals surface area contributed by atoms with Gasteiger partial charge in [-0.1, -0.05) is 42.5 Å². The minimum Gasteiger partial charge on any atom is -0.454 e. The zero-order chi connectivity index (χ0) is 26.9. The molecule has 198 valence electrons. The fourth-order valence-corrected chi connectivity index (χ4v) is 4.59. The standard InChI is InChI=1S/C27H26FN3O6S/c28-21-8-6-20(7-9-21)14-31(15-25(32)29-13-19-4-2-1-3-5-19)27(34)17-38(35)16-26(33)30-22-10-11-23-24(12-22)37-18-36-23/h1-12H,13-18H2,(H,29,32)(H,30,33)/t38-/m0/s1. The molecule has 0 radical (unpaired) electrons. The second kappa shape index (κ2) is 12.8. The number of hydrogen-bond acceptors (Lipinski definition) is 6. The van der Waals surface area contributed by atoms with Gasteiger partial charge in [-0.2, -0.15) is 0 Å². The van der Waals surface area contributed by atoms with Gasteiger partial charge in [-0.25, -0.2) is 4.39 Å². The van der Waals surface area contributed by atoms with E-state index in [0.717, 1.165) is 5.56 Å². The SMILES string of the molecule is O=C(CN(Cc1ccc(F)cc1)C(=O)C[S@@](=O)CC(=O)Nc1ccc2c(c1)OCO2)NCc1ccccc1. The van der Waals surface area contributed by atoms with E-state index in [9.17, 15) is 23.0 Å². The number of fused-ring (bicyclic) bond motifs is 1. The minimum atomic E-state index is -1.83. The number of carbonyl (C=O) groups is 3. The lowest BCUT2D eigenvalue weighted by atomic mass is 10.2. The van der Waals surface area contributed by atoms with Crippen LogP contribution in [0.2, 0.25) is 0 Å². The number of carbonyl (C=O) groups excluding carboxylic acids is 3. The normalized spacial score (nSPS) is 12.4. The second-order valence-electron chi connectivity index (χ2n) is 8.48. The number of nitrogens with zero attached hydrogens (tertiary/aromatic N) is 1. The average Bonchev–Trinajstić information content (AvgIpc) is 3.37. The Morgan fingerprint density at radius 1 is 0.868 bits per heavy atom. The third kappa shape index (κ3) is 7.87. The van der Waals surface area contributed by atoms with Crippen LogP contribution in [0.5, 0.6) is 11.5 Å². The van der Waals surface area contributed by atoms with Crippen LogP contribution in [0.3, 0.4) is 0 Å². The highest BCUT2D eigenvalue weighted by molar-refractivity contribution is 7.86. The predicted molar refractivity (Wildman–Crippen MR) is 139 cm³/mol. The van der Waals surface area contributed by atoms with Crippen molar-refractivity contribution in [2.75, 3.05) is 30.2 Å². The number of nitrogens with one attached hydrogen (secondary N) is 2. The van der Waals surface area contributed by atoms with Gasteiger partial charge in [0, 0.05) is 35.6 Å². The van der Waals surface area contributed by atoms with Crippen molar-refractivity contribution in [1.82, 2.24) is 10.2 Å². The quantitative estimate of drug-likeness (QED) is 0.387. The fraction of sp³-hybridized carbons (Fsp3) is 0.222. The third-order valence-electron chi connectivity index (χ3n) is 5.54. The van der Waals surface area contributed by atoms with Gasteiger partial charge in [0.2, 0.25) is 24.5 Å². The van der Waals surface area contributed by atoms with Crippen LogP contribution in [-0.2, 0) is 38.3 Å². The van der Waals surface area contributed by atoms with Gasteiger partial charge in [-0.05, 0) is 35.4 Å². The molecule has 0 aliphatic carbocycles. The van der Waals surface area contributed by atoms with Gasteiger partial charge in [-0.15, -0.1) is 0 Å². The summed E-state index contributed by atoms with van der Waals surface area (Å²) in [6.45, 7) is 0.101. The molecule has 3 aromatic rings. The summed E-state index contributed by atoms with van der Waals surface area (Å²) in [5.41, 5.74) is 1.93. The van der Waals surface area contributed by atoms with Crippen LogP contribution in [-0.4, -0.2) is 51.7 Å². The van der Waals surface area contributed by atoms with Crippen molar-refractivity contribution in [2.24, 2.45) is 0 Å². The summed E-state index contributed by atoms with van der Waals surface area (Å²) in [6.07, 6.45) is 0. The van der Waals surface area contributed by atoms with Crippen molar-refractivity contribution in [3.8, 4) is 11.5 Å². The molecule has 3 amide bonds. The Kier molecular flexibility index (Phi) is 9.04. The lowest BCUT2D eigenvalue weighted by molar-refractivity contribution is -0.134. The van der Waals surface area contributed by atoms with Gasteiger partial charge in [0.15, 0.2) is 11.5 Å². The Morgan fingerprint density at radius 2 is 1.61 bits per heavy atom. The molecule has 3 aromatic carbocycles. The predicted octanol–water partition coefficient (Wildman–Crippen LogP) is 2.59. The monoisotopic (exact) mass is 539 g/mol. The summed E-state index contributed by atoms with van der Waals surface area (Å²) in [6, 6.07) is 19.7. The molecule has 11 heteroatoms. The van der Waals surface area contributed by atoms with E-state index in [2.05, 4.69) is 10.6 Å². The number of anilines is 1. The molecule has 9 nitrogen and oxygen atoms in total. The lowest BCUT2D eigenvalue weighted by Gasteiger charge is -2.22. The number of rotatable bonds is 11. The van der Waals surface area contributed by atoms with E-state index in [0.29, 0.717) is 22.7 Å². The van der Waals surface area contributed by atoms with Crippen molar-refractivity contribution < 1.29 is 32.5 Å². The highest BCUT2D eigenvalue weighted by Gasteiger charge is 2.22. The number of halogens is 1. The summed E-state index contributed by atoms with van der Waals surface area (Å²) in [7, 11) is -1.83. The number of ether oxygens (including phenoxy) is 2. The Labute approximate surface area is 221 Å². The van der Waals surface area contributed by atoms with Crippen LogP contribution in [0.1, 0.15) is 11.1 Å². The van der Waals surface area contributed by atoms with Gasteiger partial charge in [0.1, 0.15) is 17.3 Å². The smallest absolute Gasteiger partial charge is 0.239 e. The van der Waals surface area contributed by atoms with Gasteiger partial charge in [0.05, 0.1) is 6.54 Å². The zero-order valence-corrected chi connectivity index (χ0v) is 21.2. The van der Waals surface area contributed by atoms with E-state index in [1.165, 1.54) is 29.2 Å². The first-order chi connectivity index (χ1) is 18.4. The first-order valence-corrected chi connectivity index (χ1v) is 13.2. The molecule has 0 saturated carbocycles. The van der Waals surface area contributed by atoms with Gasteiger partial charge in [0.25, 0.3) is 0 Å². The minimum absolute atomic E-state index is 0.0124. The Balaban J connectivity index is 1.34. The fourth-order valence-electron chi connectivity index (χ4n) is 3.67. The van der Waals surface area contributed by atoms with E-state index >= 15 is 0 Å². The molecule has 0 spiro atoms. The largest absolute Gasteiger partial charge is 0.454 e. The molecule has 0 saturated heterocycles. The van der Waals surface area contributed by atoms with Crippen LogP contribution < -0.4 is 20.1 Å². The number of benzene rings is 3. The Morgan fingerprint density at radius 3 is 2.37 bits per heavy atom. The number of amides is 3. The Bertz CT molecular complexity index is 1320. The second-order valence-corrected chi connectivity index (χ2v) is 9.94. The van der Waals surface area contributed by atoms with Crippen LogP contribution in [0.15, 0.2) is 72.8 Å². The Hall–Kier alpha value is -4.25. The molecule has 1 heterocycles. The first kappa shape index (κ1) is 26.8. The average molecular weight is 540 g/mol. The first-order valence-electron chi connectivity index (χ1n) is 11.7. The van der Waals surface area contributed by atoms with E-state index in [1.807, 2.05) is 30.3 Å². The lowest BCUT2D eigenvalue weighted by Crippen LogP contribution is -2.42. The number of hydrogen-bond donors (Lipinski definition) is 2. The molecular formula is C27H26FN3O6S. The van der Waals surface area contributed by atoms with Crippen molar-refractivity contribution >= 4 is 34.2 Å². The molecule has 0 bridgehead atoms. The van der Waals surface area contributed by atoms with Crippen LogP contribution in [0.25, 0.3) is 0 Å². The van der Waals surface area contributed by atoms with Crippen LogP contribution in [0.4, 0.5) is 10.1 Å². The molecular weight excluding hydrogens is 513 g/mol. The molecule has 1 aliphatic rings. The molecule has 1 atom stereocenters.